The Kier molecular flexibility index (Phi) is 6.19. The van der Waals surface area contributed by atoms with Gasteiger partial charge in [0.25, 0.3) is 5.91 Å². The molecule has 140 valence electrons. The van der Waals surface area contributed by atoms with E-state index in [1.165, 1.54) is 11.8 Å². The van der Waals surface area contributed by atoms with Crippen LogP contribution in [0.3, 0.4) is 0 Å². The van der Waals surface area contributed by atoms with Gasteiger partial charge < -0.3 is 9.47 Å². The van der Waals surface area contributed by atoms with Crippen LogP contribution in [-0.4, -0.2) is 36.2 Å². The van der Waals surface area contributed by atoms with Crippen LogP contribution >= 0.6 is 11.8 Å². The van der Waals surface area contributed by atoms with Crippen molar-refractivity contribution in [3.8, 4) is 11.5 Å². The second-order valence-electron chi connectivity index (χ2n) is 5.70. The molecule has 0 bridgehead atoms. The molecule has 0 aromatic heterocycles. The highest BCUT2D eigenvalue weighted by Crippen LogP contribution is 2.38. The minimum Gasteiger partial charge on any atom is -0.493 e. The summed E-state index contributed by atoms with van der Waals surface area (Å²) in [6.45, 7) is 4.94. The number of rotatable bonds is 6. The maximum atomic E-state index is 12.8. The molecule has 1 aliphatic rings. The van der Waals surface area contributed by atoms with Crippen molar-refractivity contribution in [3.63, 3.8) is 0 Å². The highest BCUT2D eigenvalue weighted by atomic mass is 32.2. The highest BCUT2D eigenvalue weighted by Gasteiger charge is 2.32. The number of amidine groups is 1. The molecular weight excluding hydrogens is 360 g/mol. The molecule has 1 heterocycles. The molecule has 1 saturated heterocycles. The van der Waals surface area contributed by atoms with E-state index in [0.717, 1.165) is 11.3 Å². The number of hydrogen-bond donors (Lipinski definition) is 0. The number of aliphatic imine (C=N–C) groups is 1. The van der Waals surface area contributed by atoms with Crippen LogP contribution in [0, 0.1) is 0 Å². The minimum absolute atomic E-state index is 0.0533. The van der Waals surface area contributed by atoms with Gasteiger partial charge in [0.15, 0.2) is 16.7 Å². The summed E-state index contributed by atoms with van der Waals surface area (Å²) in [6.07, 6.45) is 1.84. The maximum Gasteiger partial charge on any atom is 0.266 e. The second kappa shape index (κ2) is 8.77. The van der Waals surface area contributed by atoms with Crippen LogP contribution in [0.5, 0.6) is 11.5 Å². The lowest BCUT2D eigenvalue weighted by Gasteiger charge is -2.12. The van der Waals surface area contributed by atoms with Crippen molar-refractivity contribution >= 4 is 34.6 Å². The number of benzene rings is 2. The number of thioether (sulfide) groups is 1. The fourth-order valence-electron chi connectivity index (χ4n) is 2.73. The fraction of sp³-hybridized carbons (Fsp3) is 0.238. The Morgan fingerprint density at radius 3 is 2.56 bits per heavy atom. The number of carbonyl (C=O) groups excluding carboxylic acids is 1. The zero-order chi connectivity index (χ0) is 19.2. The van der Waals surface area contributed by atoms with Crippen molar-refractivity contribution in [3.05, 3.63) is 59.0 Å². The van der Waals surface area contributed by atoms with Gasteiger partial charge in [0.2, 0.25) is 0 Å². The number of ether oxygens (including phenoxy) is 2. The maximum absolute atomic E-state index is 12.8. The monoisotopic (exact) mass is 382 g/mol. The molecule has 0 saturated carbocycles. The number of amides is 1. The van der Waals surface area contributed by atoms with E-state index < -0.39 is 0 Å². The SMILES string of the molecule is CCOc1c(/C=C2\SC(=Nc3ccccc3)N(CC)C2=O)cccc1OC. The summed E-state index contributed by atoms with van der Waals surface area (Å²) in [7, 11) is 1.60. The van der Waals surface area contributed by atoms with E-state index in [4.69, 9.17) is 9.47 Å². The smallest absolute Gasteiger partial charge is 0.266 e. The van der Waals surface area contributed by atoms with Gasteiger partial charge in [-0.05, 0) is 49.9 Å². The van der Waals surface area contributed by atoms with Gasteiger partial charge in [-0.3, -0.25) is 9.69 Å². The summed E-state index contributed by atoms with van der Waals surface area (Å²) in [4.78, 5) is 19.8. The van der Waals surface area contributed by atoms with Crippen molar-refractivity contribution in [2.75, 3.05) is 20.3 Å². The first-order valence-corrected chi connectivity index (χ1v) is 9.64. The van der Waals surface area contributed by atoms with Crippen LogP contribution in [-0.2, 0) is 4.79 Å². The molecule has 0 aliphatic carbocycles. The van der Waals surface area contributed by atoms with Crippen molar-refractivity contribution < 1.29 is 14.3 Å². The van der Waals surface area contributed by atoms with Crippen molar-refractivity contribution in [2.24, 2.45) is 4.99 Å². The van der Waals surface area contributed by atoms with Crippen LogP contribution in [0.15, 0.2) is 58.4 Å². The summed E-state index contributed by atoms with van der Waals surface area (Å²) in [5, 5.41) is 0.681. The second-order valence-corrected chi connectivity index (χ2v) is 6.71. The lowest BCUT2D eigenvalue weighted by atomic mass is 10.1. The van der Waals surface area contributed by atoms with Gasteiger partial charge in [0.1, 0.15) is 0 Å². The summed E-state index contributed by atoms with van der Waals surface area (Å²) in [6, 6.07) is 15.3. The van der Waals surface area contributed by atoms with E-state index in [2.05, 4.69) is 4.99 Å². The van der Waals surface area contributed by atoms with Crippen molar-refractivity contribution in [1.82, 2.24) is 4.90 Å². The van der Waals surface area contributed by atoms with Gasteiger partial charge in [-0.15, -0.1) is 0 Å². The highest BCUT2D eigenvalue weighted by molar-refractivity contribution is 8.18. The first-order valence-electron chi connectivity index (χ1n) is 8.82. The number of likely N-dealkylation sites (N-methyl/N-ethyl adjacent to an activating group) is 1. The molecule has 2 aromatic rings. The molecule has 0 atom stereocenters. The average Bonchev–Trinajstić information content (AvgIpc) is 2.98. The van der Waals surface area contributed by atoms with Gasteiger partial charge in [-0.2, -0.15) is 0 Å². The Hall–Kier alpha value is -2.73. The third-order valence-electron chi connectivity index (χ3n) is 3.99. The van der Waals surface area contributed by atoms with E-state index in [9.17, 15) is 4.79 Å². The standard InChI is InChI=1S/C21H22N2O3S/c1-4-23-20(24)18(27-21(23)22-16-11-7-6-8-12-16)14-15-10-9-13-17(25-3)19(15)26-5-2/h6-14H,4-5H2,1-3H3/b18-14-,22-21?. The molecule has 6 heteroatoms. The number of nitrogens with zero attached hydrogens (tertiary/aromatic N) is 2. The van der Waals surface area contributed by atoms with Gasteiger partial charge in [0.05, 0.1) is 24.3 Å². The third kappa shape index (κ3) is 4.17. The number of hydrogen-bond acceptors (Lipinski definition) is 5. The zero-order valence-corrected chi connectivity index (χ0v) is 16.5. The first kappa shape index (κ1) is 19.0. The lowest BCUT2D eigenvalue weighted by Crippen LogP contribution is -2.28. The normalized spacial score (nSPS) is 17.0. The van der Waals surface area contributed by atoms with Crippen LogP contribution < -0.4 is 9.47 Å². The predicted octanol–water partition coefficient (Wildman–Crippen LogP) is 4.72. The Morgan fingerprint density at radius 1 is 1.11 bits per heavy atom. The molecular formula is C21H22N2O3S. The molecule has 5 nitrogen and oxygen atoms in total. The Bertz CT molecular complexity index is 878. The number of para-hydroxylation sites is 2. The van der Waals surface area contributed by atoms with E-state index in [-0.39, 0.29) is 5.91 Å². The summed E-state index contributed by atoms with van der Waals surface area (Å²) in [5.41, 5.74) is 1.63. The Morgan fingerprint density at radius 2 is 1.89 bits per heavy atom. The summed E-state index contributed by atoms with van der Waals surface area (Å²) < 4.78 is 11.1. The summed E-state index contributed by atoms with van der Waals surface area (Å²) >= 11 is 1.37. The molecule has 27 heavy (non-hydrogen) atoms. The van der Waals surface area contributed by atoms with Crippen LogP contribution in [0.25, 0.3) is 6.08 Å². The fourth-order valence-corrected chi connectivity index (χ4v) is 3.78. The van der Waals surface area contributed by atoms with Gasteiger partial charge in [-0.25, -0.2) is 4.99 Å². The molecule has 3 rings (SSSR count). The van der Waals surface area contributed by atoms with Gasteiger partial charge >= 0.3 is 0 Å². The Labute approximate surface area is 163 Å². The number of carbonyl (C=O) groups is 1. The first-order chi connectivity index (χ1) is 13.2. The Balaban J connectivity index is 1.98. The molecule has 0 unspecified atom stereocenters. The molecule has 1 aliphatic heterocycles. The van der Waals surface area contributed by atoms with Crippen molar-refractivity contribution in [2.45, 2.75) is 13.8 Å². The van der Waals surface area contributed by atoms with Crippen LogP contribution in [0.4, 0.5) is 5.69 Å². The molecule has 0 N–H and O–H groups in total. The molecule has 0 radical (unpaired) electrons. The van der Waals surface area contributed by atoms with Crippen molar-refractivity contribution in [1.29, 1.82) is 0 Å². The largest absolute Gasteiger partial charge is 0.493 e. The average molecular weight is 382 g/mol. The van der Waals surface area contributed by atoms with E-state index in [0.29, 0.717) is 34.7 Å². The zero-order valence-electron chi connectivity index (χ0n) is 15.6. The number of methoxy groups -OCH3 is 1. The molecule has 0 spiro atoms. The van der Waals surface area contributed by atoms with E-state index >= 15 is 0 Å². The van der Waals surface area contributed by atoms with E-state index in [1.54, 1.807) is 12.0 Å². The van der Waals surface area contributed by atoms with Gasteiger partial charge in [0, 0.05) is 12.1 Å². The van der Waals surface area contributed by atoms with Crippen LogP contribution in [0.1, 0.15) is 19.4 Å². The quantitative estimate of drug-likeness (QED) is 0.679. The molecule has 2 aromatic carbocycles. The minimum atomic E-state index is -0.0533. The van der Waals surface area contributed by atoms with E-state index in [1.807, 2.05) is 68.5 Å². The molecule has 1 amide bonds. The summed E-state index contributed by atoms with van der Waals surface area (Å²) in [5.74, 6) is 1.23. The topological polar surface area (TPSA) is 51.1 Å². The predicted molar refractivity (Wildman–Crippen MR) is 111 cm³/mol. The lowest BCUT2D eigenvalue weighted by molar-refractivity contribution is -0.122. The van der Waals surface area contributed by atoms with Crippen LogP contribution in [0.2, 0.25) is 0 Å². The van der Waals surface area contributed by atoms with Gasteiger partial charge in [-0.1, -0.05) is 30.3 Å². The molecule has 1 fully saturated rings. The third-order valence-corrected chi connectivity index (χ3v) is 5.00.